The zero-order valence-electron chi connectivity index (χ0n) is 16.1. The molecule has 7 heteroatoms. The minimum atomic E-state index is 0.215. The van der Waals surface area contributed by atoms with Crippen molar-refractivity contribution in [2.75, 3.05) is 25.1 Å². The third-order valence-electron chi connectivity index (χ3n) is 5.72. The molecular weight excluding hydrogens is 342 g/mol. The predicted octanol–water partition coefficient (Wildman–Crippen LogP) is 2.00. The van der Waals surface area contributed by atoms with Gasteiger partial charge in [0, 0.05) is 39.1 Å². The average Bonchev–Trinajstić information content (AvgIpc) is 3.07. The molecule has 7 nitrogen and oxygen atoms in total. The van der Waals surface area contributed by atoms with E-state index < -0.39 is 0 Å². The highest BCUT2D eigenvalue weighted by molar-refractivity contribution is 5.77. The van der Waals surface area contributed by atoms with E-state index in [9.17, 15) is 4.79 Å². The van der Waals surface area contributed by atoms with Gasteiger partial charge in [0.15, 0.2) is 0 Å². The summed E-state index contributed by atoms with van der Waals surface area (Å²) in [4.78, 5) is 29.8. The molecule has 2 aromatic heterocycles. The molecule has 27 heavy (non-hydrogen) atoms. The highest BCUT2D eigenvalue weighted by Gasteiger charge is 2.33. The van der Waals surface area contributed by atoms with Crippen LogP contribution >= 0.6 is 0 Å². The Kier molecular flexibility index (Phi) is 4.78. The van der Waals surface area contributed by atoms with Gasteiger partial charge < -0.3 is 14.5 Å². The highest BCUT2D eigenvalue weighted by Crippen LogP contribution is 2.31. The molecule has 0 spiro atoms. The summed E-state index contributed by atoms with van der Waals surface area (Å²) >= 11 is 0. The number of amides is 1. The Labute approximate surface area is 159 Å². The van der Waals surface area contributed by atoms with Crippen molar-refractivity contribution in [3.63, 3.8) is 0 Å². The van der Waals surface area contributed by atoms with Crippen LogP contribution in [0.15, 0.2) is 18.7 Å². The first kappa shape index (κ1) is 17.9. The Balaban J connectivity index is 1.36. The molecule has 2 aromatic rings. The number of carbonyl (C=O) groups excluding carboxylic acids is 1. The van der Waals surface area contributed by atoms with Crippen LogP contribution in [0.2, 0.25) is 0 Å². The lowest BCUT2D eigenvalue weighted by Crippen LogP contribution is -2.48. The van der Waals surface area contributed by atoms with Crippen LogP contribution in [0.5, 0.6) is 0 Å². The van der Waals surface area contributed by atoms with E-state index in [1.807, 2.05) is 17.3 Å². The molecule has 1 saturated heterocycles. The molecule has 0 bridgehead atoms. The van der Waals surface area contributed by atoms with Crippen LogP contribution < -0.4 is 4.90 Å². The summed E-state index contributed by atoms with van der Waals surface area (Å²) in [6.07, 6.45) is 5.75. The van der Waals surface area contributed by atoms with Gasteiger partial charge in [-0.3, -0.25) is 9.78 Å². The Bertz CT molecular complexity index is 849. The number of methoxy groups -OCH3 is 1. The third kappa shape index (κ3) is 3.39. The van der Waals surface area contributed by atoms with Crippen molar-refractivity contribution in [1.29, 1.82) is 0 Å². The average molecular weight is 367 g/mol. The van der Waals surface area contributed by atoms with E-state index in [1.165, 1.54) is 23.0 Å². The van der Waals surface area contributed by atoms with Gasteiger partial charge in [-0.2, -0.15) is 0 Å². The molecule has 0 aliphatic carbocycles. The molecule has 0 saturated carbocycles. The predicted molar refractivity (Wildman–Crippen MR) is 101 cm³/mol. The minimum absolute atomic E-state index is 0.215. The van der Waals surface area contributed by atoms with Gasteiger partial charge in [-0.25, -0.2) is 9.97 Å². The fraction of sp³-hybridized carbons (Fsp3) is 0.500. The Morgan fingerprint density at radius 2 is 1.93 bits per heavy atom. The number of anilines is 1. The van der Waals surface area contributed by atoms with Crippen LogP contribution in [-0.2, 0) is 29.2 Å². The number of hydrogen-bond acceptors (Lipinski definition) is 6. The van der Waals surface area contributed by atoms with E-state index in [4.69, 9.17) is 9.72 Å². The summed E-state index contributed by atoms with van der Waals surface area (Å²) in [5.74, 6) is 0.605. The van der Waals surface area contributed by atoms with Gasteiger partial charge in [0.25, 0.3) is 0 Å². The first-order chi connectivity index (χ1) is 13.1. The molecule has 4 heterocycles. The van der Waals surface area contributed by atoms with Gasteiger partial charge in [0.05, 0.1) is 42.6 Å². The van der Waals surface area contributed by atoms with E-state index in [1.54, 1.807) is 7.11 Å². The molecule has 4 rings (SSSR count). The lowest BCUT2D eigenvalue weighted by atomic mass is 9.95. The summed E-state index contributed by atoms with van der Waals surface area (Å²) < 4.78 is 5.26. The molecule has 0 radical (unpaired) electrons. The first-order valence-electron chi connectivity index (χ1n) is 9.31. The molecule has 2 aliphatic heterocycles. The normalized spacial score (nSPS) is 16.4. The van der Waals surface area contributed by atoms with Crippen LogP contribution in [0.4, 0.5) is 5.69 Å². The lowest BCUT2D eigenvalue weighted by molar-refractivity contribution is -0.133. The van der Waals surface area contributed by atoms with Crippen molar-refractivity contribution >= 4 is 11.6 Å². The summed E-state index contributed by atoms with van der Waals surface area (Å²) in [6, 6.07) is 0. The van der Waals surface area contributed by atoms with Crippen molar-refractivity contribution in [1.82, 2.24) is 19.9 Å². The van der Waals surface area contributed by atoms with E-state index in [-0.39, 0.29) is 5.91 Å². The molecule has 2 aliphatic rings. The van der Waals surface area contributed by atoms with Crippen molar-refractivity contribution < 1.29 is 9.53 Å². The zero-order chi connectivity index (χ0) is 19.0. The van der Waals surface area contributed by atoms with E-state index in [0.717, 1.165) is 30.2 Å². The summed E-state index contributed by atoms with van der Waals surface area (Å²) in [7, 11) is 1.68. The third-order valence-corrected chi connectivity index (χ3v) is 5.72. The quantitative estimate of drug-likeness (QED) is 0.805. The van der Waals surface area contributed by atoms with Gasteiger partial charge in [-0.05, 0) is 30.5 Å². The molecule has 1 fully saturated rings. The molecular formula is C20H25N5O2. The second-order valence-corrected chi connectivity index (χ2v) is 7.49. The minimum Gasteiger partial charge on any atom is -0.378 e. The number of pyridine rings is 1. The Morgan fingerprint density at radius 1 is 1.19 bits per heavy atom. The fourth-order valence-corrected chi connectivity index (χ4v) is 3.94. The zero-order valence-corrected chi connectivity index (χ0v) is 16.1. The topological polar surface area (TPSA) is 71.5 Å². The monoisotopic (exact) mass is 367 g/mol. The second kappa shape index (κ2) is 7.23. The summed E-state index contributed by atoms with van der Waals surface area (Å²) in [5.41, 5.74) is 6.64. The molecule has 1 amide bonds. The highest BCUT2D eigenvalue weighted by atomic mass is 16.5. The fourth-order valence-electron chi connectivity index (χ4n) is 3.94. The smallest absolute Gasteiger partial charge is 0.223 e. The molecule has 0 aromatic carbocycles. The lowest BCUT2D eigenvalue weighted by Gasteiger charge is -2.40. The number of hydrogen-bond donors (Lipinski definition) is 0. The van der Waals surface area contributed by atoms with Gasteiger partial charge in [0.1, 0.15) is 6.33 Å². The molecule has 0 unspecified atom stereocenters. The molecule has 0 N–H and O–H groups in total. The standard InChI is InChI=1S/C20H25N5O2/c1-13-14(2)19(11-27-3)23-18-10-25(9-17(13)18)20(26)4-15-7-24(8-15)16-5-21-12-22-6-16/h5-6,12,15H,4,7-11H2,1-3H3. The first-order valence-corrected chi connectivity index (χ1v) is 9.31. The number of fused-ring (bicyclic) bond motifs is 1. The Morgan fingerprint density at radius 3 is 2.63 bits per heavy atom. The molecule has 0 atom stereocenters. The van der Waals surface area contributed by atoms with E-state index >= 15 is 0 Å². The van der Waals surface area contributed by atoms with E-state index in [2.05, 4.69) is 28.7 Å². The number of nitrogens with zero attached hydrogens (tertiary/aromatic N) is 5. The maximum absolute atomic E-state index is 12.8. The summed E-state index contributed by atoms with van der Waals surface area (Å²) in [6.45, 7) is 7.75. The van der Waals surface area contributed by atoms with Gasteiger partial charge in [-0.1, -0.05) is 0 Å². The van der Waals surface area contributed by atoms with Crippen LogP contribution in [0.1, 0.15) is 34.5 Å². The maximum atomic E-state index is 12.8. The second-order valence-electron chi connectivity index (χ2n) is 7.49. The van der Waals surface area contributed by atoms with Crippen LogP contribution in [-0.4, -0.2) is 46.0 Å². The van der Waals surface area contributed by atoms with Gasteiger partial charge >= 0.3 is 0 Å². The van der Waals surface area contributed by atoms with Crippen molar-refractivity contribution in [3.8, 4) is 0 Å². The van der Waals surface area contributed by atoms with Crippen molar-refractivity contribution in [2.24, 2.45) is 5.92 Å². The maximum Gasteiger partial charge on any atom is 0.223 e. The SMILES string of the molecule is COCc1nc2c(c(C)c1C)CN(C(=O)CC1CN(c3cncnc3)C1)C2. The Hall–Kier alpha value is -2.54. The number of ether oxygens (including phenoxy) is 1. The van der Waals surface area contributed by atoms with Crippen LogP contribution in [0, 0.1) is 19.8 Å². The van der Waals surface area contributed by atoms with E-state index in [0.29, 0.717) is 32.0 Å². The summed E-state index contributed by atoms with van der Waals surface area (Å²) in [5, 5.41) is 0. The van der Waals surface area contributed by atoms with Crippen LogP contribution in [0.3, 0.4) is 0 Å². The van der Waals surface area contributed by atoms with Gasteiger partial charge in [0.2, 0.25) is 5.91 Å². The largest absolute Gasteiger partial charge is 0.378 e. The van der Waals surface area contributed by atoms with Crippen molar-refractivity contribution in [2.45, 2.75) is 40.0 Å². The number of aromatic nitrogens is 3. The number of carbonyl (C=O) groups is 1. The van der Waals surface area contributed by atoms with Crippen molar-refractivity contribution in [3.05, 3.63) is 46.8 Å². The van der Waals surface area contributed by atoms with Crippen LogP contribution in [0.25, 0.3) is 0 Å². The number of rotatable bonds is 5. The molecule has 142 valence electrons. The van der Waals surface area contributed by atoms with Gasteiger partial charge in [-0.15, -0.1) is 0 Å².